The Labute approximate surface area is 134 Å². The zero-order valence-electron chi connectivity index (χ0n) is 11.8. The molecular weight excluding hydrogens is 304 g/mol. The lowest BCUT2D eigenvalue weighted by Gasteiger charge is -2.16. The normalized spacial score (nSPS) is 20.2. The van der Waals surface area contributed by atoms with E-state index in [4.69, 9.17) is 11.6 Å². The number of aliphatic hydroxyl groups excluding tert-OH is 1. The third-order valence-corrected chi connectivity index (χ3v) is 5.25. The highest BCUT2D eigenvalue weighted by molar-refractivity contribution is 7.10. The van der Waals surface area contributed by atoms with Gasteiger partial charge in [-0.05, 0) is 49.1 Å². The number of hydrogen-bond acceptors (Lipinski definition) is 4. The molecule has 0 spiro atoms. The molecule has 2 N–H and O–H groups in total. The Hall–Kier alpha value is -1.10. The minimum atomic E-state index is -0.701. The Kier molecular flexibility index (Phi) is 4.78. The minimum Gasteiger partial charge on any atom is -0.383 e. The Morgan fingerprint density at radius 3 is 3.10 bits per heavy atom. The van der Waals surface area contributed by atoms with Gasteiger partial charge in [0.1, 0.15) is 17.9 Å². The van der Waals surface area contributed by atoms with E-state index in [0.29, 0.717) is 17.4 Å². The molecule has 3 rings (SSSR count). The molecule has 1 aromatic rings. The monoisotopic (exact) mass is 322 g/mol. The lowest BCUT2D eigenvalue weighted by Crippen LogP contribution is -2.19. The molecule has 0 radical (unpaired) electrons. The molecule has 0 saturated heterocycles. The van der Waals surface area contributed by atoms with Crippen LogP contribution in [0.2, 0.25) is 0 Å². The Balaban J connectivity index is 1.72. The highest BCUT2D eigenvalue weighted by Gasteiger charge is 2.19. The van der Waals surface area contributed by atoms with Crippen LogP contribution in [0.3, 0.4) is 0 Å². The van der Waals surface area contributed by atoms with Gasteiger partial charge in [0, 0.05) is 16.7 Å². The molecule has 0 fully saturated rings. The number of aliphatic imine (C=N–C) groups is 1. The summed E-state index contributed by atoms with van der Waals surface area (Å²) in [5.74, 6) is 0. The van der Waals surface area contributed by atoms with Gasteiger partial charge in [-0.1, -0.05) is 23.3 Å². The van der Waals surface area contributed by atoms with E-state index in [9.17, 15) is 5.11 Å². The third-order valence-electron chi connectivity index (χ3n) is 3.86. The Morgan fingerprint density at radius 1 is 1.43 bits per heavy atom. The lowest BCUT2D eigenvalue weighted by molar-refractivity contribution is 0.225. The Morgan fingerprint density at radius 2 is 2.33 bits per heavy atom. The van der Waals surface area contributed by atoms with Crippen molar-refractivity contribution in [1.29, 1.82) is 0 Å². The van der Waals surface area contributed by atoms with Crippen molar-refractivity contribution in [3.05, 3.63) is 44.3 Å². The van der Waals surface area contributed by atoms with E-state index in [0.717, 1.165) is 11.3 Å². The predicted octanol–water partition coefficient (Wildman–Crippen LogP) is 3.91. The van der Waals surface area contributed by atoms with Crippen molar-refractivity contribution < 1.29 is 5.11 Å². The van der Waals surface area contributed by atoms with Crippen LogP contribution in [-0.4, -0.2) is 18.0 Å². The fourth-order valence-corrected chi connectivity index (χ4v) is 3.85. The first-order chi connectivity index (χ1) is 10.2. The molecule has 5 heteroatoms. The molecule has 1 atom stereocenters. The maximum Gasteiger partial charge on any atom is 0.118 e. The van der Waals surface area contributed by atoms with E-state index < -0.39 is 6.10 Å². The number of rotatable bonds is 4. The van der Waals surface area contributed by atoms with Crippen LogP contribution in [0, 0.1) is 0 Å². The summed E-state index contributed by atoms with van der Waals surface area (Å²) in [6, 6.07) is 2.09. The molecule has 1 unspecified atom stereocenters. The van der Waals surface area contributed by atoms with Crippen molar-refractivity contribution in [1.82, 2.24) is 5.32 Å². The summed E-state index contributed by atoms with van der Waals surface area (Å²) < 4.78 is 0. The largest absolute Gasteiger partial charge is 0.383 e. The summed E-state index contributed by atoms with van der Waals surface area (Å²) in [6.45, 7) is 0.471. The minimum absolute atomic E-state index is 0.471. The van der Waals surface area contributed by atoms with Gasteiger partial charge in [0.2, 0.25) is 0 Å². The number of aliphatic hydroxyl groups is 1. The number of halogens is 1. The highest BCUT2D eigenvalue weighted by atomic mass is 35.5. The Bertz CT molecular complexity index is 603. The summed E-state index contributed by atoms with van der Waals surface area (Å²) in [6.07, 6.45) is 9.36. The second-order valence-corrected chi connectivity index (χ2v) is 6.78. The quantitative estimate of drug-likeness (QED) is 0.652. The van der Waals surface area contributed by atoms with Crippen molar-refractivity contribution in [2.75, 3.05) is 6.67 Å². The summed E-state index contributed by atoms with van der Waals surface area (Å²) in [7, 11) is 0. The molecule has 2 heterocycles. The number of allylic oxidation sites excluding steroid dienone is 2. The first kappa shape index (κ1) is 14.8. The van der Waals surface area contributed by atoms with Crippen LogP contribution in [-0.2, 0) is 6.42 Å². The van der Waals surface area contributed by atoms with Crippen molar-refractivity contribution >= 4 is 29.2 Å². The fourth-order valence-electron chi connectivity index (χ4n) is 2.72. The van der Waals surface area contributed by atoms with E-state index in [2.05, 4.69) is 27.8 Å². The molecule has 3 nitrogen and oxygen atoms in total. The van der Waals surface area contributed by atoms with Crippen LogP contribution in [0.5, 0.6) is 0 Å². The maximum atomic E-state index is 10.5. The summed E-state index contributed by atoms with van der Waals surface area (Å²) in [5.41, 5.74) is 3.45. The molecule has 112 valence electrons. The van der Waals surface area contributed by atoms with Crippen molar-refractivity contribution in [3.63, 3.8) is 0 Å². The van der Waals surface area contributed by atoms with Gasteiger partial charge in [-0.2, -0.15) is 0 Å². The van der Waals surface area contributed by atoms with Crippen LogP contribution in [0.25, 0.3) is 0 Å². The maximum absolute atomic E-state index is 10.5. The van der Waals surface area contributed by atoms with Gasteiger partial charge in [0.15, 0.2) is 0 Å². The molecule has 0 amide bonds. The molecule has 0 aromatic carbocycles. The van der Waals surface area contributed by atoms with Gasteiger partial charge >= 0.3 is 0 Å². The predicted molar refractivity (Wildman–Crippen MR) is 88.9 cm³/mol. The van der Waals surface area contributed by atoms with Gasteiger partial charge in [0.05, 0.1) is 0 Å². The fraction of sp³-hybridized carbons (Fsp3) is 0.438. The first-order valence-electron chi connectivity index (χ1n) is 7.30. The first-order valence-corrected chi connectivity index (χ1v) is 8.56. The smallest absolute Gasteiger partial charge is 0.118 e. The second-order valence-electron chi connectivity index (χ2n) is 5.46. The standard InChI is InChI=1S/C16H19ClN2OS/c17-16-13(8-18-10-19-16)15(20)14-7-12(9-21-14)6-11-4-2-1-3-5-11/h4,7-9,15,19-20H,1-3,5-6,10H2. The van der Waals surface area contributed by atoms with Crippen molar-refractivity contribution in [2.45, 2.75) is 38.2 Å². The molecule has 1 aliphatic heterocycles. The molecule has 21 heavy (non-hydrogen) atoms. The summed E-state index contributed by atoms with van der Waals surface area (Å²) in [4.78, 5) is 5.03. The van der Waals surface area contributed by atoms with Gasteiger partial charge < -0.3 is 10.4 Å². The topological polar surface area (TPSA) is 44.6 Å². The highest BCUT2D eigenvalue weighted by Crippen LogP contribution is 2.31. The van der Waals surface area contributed by atoms with Crippen molar-refractivity contribution in [3.8, 4) is 0 Å². The van der Waals surface area contributed by atoms with Gasteiger partial charge in [0.25, 0.3) is 0 Å². The summed E-state index contributed by atoms with van der Waals surface area (Å²) in [5, 5.41) is 16.0. The van der Waals surface area contributed by atoms with Crippen molar-refractivity contribution in [2.24, 2.45) is 4.99 Å². The second kappa shape index (κ2) is 6.77. The lowest BCUT2D eigenvalue weighted by atomic mass is 9.95. The van der Waals surface area contributed by atoms with Crippen LogP contribution < -0.4 is 5.32 Å². The average Bonchev–Trinajstić information content (AvgIpc) is 2.97. The molecule has 0 saturated carbocycles. The SMILES string of the molecule is OC(C1=C(Cl)NCN=C1)c1cc(CC2=CCCCC2)cs1. The number of nitrogens with zero attached hydrogens (tertiary/aromatic N) is 1. The average molecular weight is 323 g/mol. The van der Waals surface area contributed by atoms with E-state index >= 15 is 0 Å². The van der Waals surface area contributed by atoms with Crippen LogP contribution in [0.1, 0.15) is 42.2 Å². The molecular formula is C16H19ClN2OS. The summed E-state index contributed by atoms with van der Waals surface area (Å²) >= 11 is 7.69. The van der Waals surface area contributed by atoms with E-state index in [1.165, 1.54) is 36.8 Å². The molecule has 0 bridgehead atoms. The molecule has 2 aliphatic rings. The third kappa shape index (κ3) is 3.57. The number of nitrogens with one attached hydrogen (secondary N) is 1. The number of hydrogen-bond donors (Lipinski definition) is 2. The molecule has 1 aromatic heterocycles. The van der Waals surface area contributed by atoms with Gasteiger partial charge in [-0.25, -0.2) is 0 Å². The van der Waals surface area contributed by atoms with E-state index in [1.807, 2.05) is 0 Å². The van der Waals surface area contributed by atoms with E-state index in [-0.39, 0.29) is 0 Å². The zero-order chi connectivity index (χ0) is 14.7. The van der Waals surface area contributed by atoms with E-state index in [1.54, 1.807) is 17.6 Å². The number of thiophene rings is 1. The van der Waals surface area contributed by atoms with Crippen LogP contribution >= 0.6 is 22.9 Å². The van der Waals surface area contributed by atoms with Gasteiger partial charge in [-0.3, -0.25) is 4.99 Å². The van der Waals surface area contributed by atoms with Crippen LogP contribution in [0.4, 0.5) is 0 Å². The molecule has 1 aliphatic carbocycles. The van der Waals surface area contributed by atoms with Crippen LogP contribution in [0.15, 0.2) is 38.8 Å². The zero-order valence-corrected chi connectivity index (χ0v) is 13.4. The van der Waals surface area contributed by atoms with Gasteiger partial charge in [-0.15, -0.1) is 11.3 Å².